The number of benzene rings is 3. The fraction of sp³-hybridized carbons (Fsp3) is 0.259. The Morgan fingerprint density at radius 2 is 1.32 bits per heavy atom. The highest BCUT2D eigenvalue weighted by Gasteiger charge is 2.56. The molecule has 0 bridgehead atoms. The summed E-state index contributed by atoms with van der Waals surface area (Å²) in [5, 5.41) is 0. The second kappa shape index (κ2) is 8.10. The summed E-state index contributed by atoms with van der Waals surface area (Å²) >= 11 is 0. The molecule has 3 aromatic carbocycles. The molecule has 0 aromatic heterocycles. The fourth-order valence-electron chi connectivity index (χ4n) is 5.52. The highest BCUT2D eigenvalue weighted by molar-refractivity contribution is 7.89. The summed E-state index contributed by atoms with van der Waals surface area (Å²) in [5.41, 5.74) is 2.00. The Kier molecular flexibility index (Phi) is 5.28. The van der Waals surface area contributed by atoms with Gasteiger partial charge in [-0.15, -0.1) is 0 Å². The minimum absolute atomic E-state index is 0.159. The summed E-state index contributed by atoms with van der Waals surface area (Å²) in [4.78, 5) is 0.364. The lowest BCUT2D eigenvalue weighted by Crippen LogP contribution is -2.38. The van der Waals surface area contributed by atoms with Gasteiger partial charge in [-0.1, -0.05) is 91.0 Å². The van der Waals surface area contributed by atoms with Crippen LogP contribution in [0.15, 0.2) is 108 Å². The lowest BCUT2D eigenvalue weighted by Gasteiger charge is -2.37. The van der Waals surface area contributed by atoms with Gasteiger partial charge in [0.25, 0.3) is 0 Å². The Labute approximate surface area is 185 Å². The molecular formula is C27H27NO2S. The molecule has 2 atom stereocenters. The largest absolute Gasteiger partial charge is 0.243 e. The summed E-state index contributed by atoms with van der Waals surface area (Å²) in [6, 6.07) is 29.7. The highest BCUT2D eigenvalue weighted by atomic mass is 32.2. The third-order valence-electron chi connectivity index (χ3n) is 6.93. The van der Waals surface area contributed by atoms with E-state index in [2.05, 4.69) is 60.7 Å². The number of nitrogens with zero attached hydrogens (tertiary/aromatic N) is 1. The molecule has 1 aliphatic carbocycles. The molecule has 3 nitrogen and oxygen atoms in total. The molecule has 1 aliphatic heterocycles. The maximum absolute atomic E-state index is 13.8. The van der Waals surface area contributed by atoms with Crippen molar-refractivity contribution in [2.45, 2.75) is 35.6 Å². The quantitative estimate of drug-likeness (QED) is 0.521. The van der Waals surface area contributed by atoms with Gasteiger partial charge in [0, 0.05) is 18.0 Å². The smallest absolute Gasteiger partial charge is 0.207 e. The van der Waals surface area contributed by atoms with Gasteiger partial charge in [-0.25, -0.2) is 8.42 Å². The number of hydrogen-bond donors (Lipinski definition) is 0. The van der Waals surface area contributed by atoms with Gasteiger partial charge < -0.3 is 0 Å². The molecule has 1 saturated heterocycles. The maximum Gasteiger partial charge on any atom is 0.243 e. The van der Waals surface area contributed by atoms with Gasteiger partial charge in [-0.05, 0) is 48.4 Å². The average Bonchev–Trinajstić information content (AvgIpc) is 2.98. The molecule has 0 spiro atoms. The van der Waals surface area contributed by atoms with E-state index in [0.717, 1.165) is 19.3 Å². The van der Waals surface area contributed by atoms with Crippen molar-refractivity contribution in [3.8, 4) is 0 Å². The van der Waals surface area contributed by atoms with Crippen molar-refractivity contribution in [1.82, 2.24) is 4.31 Å². The van der Waals surface area contributed by atoms with E-state index in [0.29, 0.717) is 11.4 Å². The van der Waals surface area contributed by atoms with E-state index in [1.807, 2.05) is 18.2 Å². The fourth-order valence-corrected chi connectivity index (χ4v) is 7.20. The highest BCUT2D eigenvalue weighted by Crippen LogP contribution is 2.52. The predicted octanol–water partition coefficient (Wildman–Crippen LogP) is 5.40. The van der Waals surface area contributed by atoms with E-state index >= 15 is 0 Å². The number of allylic oxidation sites excluding steroid dienone is 1. The summed E-state index contributed by atoms with van der Waals surface area (Å²) in [6.45, 7) is 0.442. The third-order valence-corrected chi connectivity index (χ3v) is 8.79. The van der Waals surface area contributed by atoms with Crippen LogP contribution in [0, 0.1) is 5.92 Å². The number of sulfonamides is 1. The molecule has 158 valence electrons. The van der Waals surface area contributed by atoms with Crippen molar-refractivity contribution in [2.24, 2.45) is 5.92 Å². The van der Waals surface area contributed by atoms with Crippen molar-refractivity contribution in [2.75, 3.05) is 6.54 Å². The van der Waals surface area contributed by atoms with Crippen LogP contribution in [-0.2, 0) is 15.4 Å². The first-order chi connectivity index (χ1) is 15.1. The zero-order valence-electron chi connectivity index (χ0n) is 17.5. The van der Waals surface area contributed by atoms with Crippen LogP contribution in [0.2, 0.25) is 0 Å². The van der Waals surface area contributed by atoms with Crippen LogP contribution in [0.4, 0.5) is 0 Å². The van der Waals surface area contributed by atoms with Crippen molar-refractivity contribution in [1.29, 1.82) is 0 Å². The van der Waals surface area contributed by atoms with E-state index in [1.165, 1.54) is 11.1 Å². The molecule has 3 aromatic rings. The molecule has 1 fully saturated rings. The molecule has 0 saturated carbocycles. The molecule has 4 heteroatoms. The Hall–Kier alpha value is -2.69. The van der Waals surface area contributed by atoms with Crippen molar-refractivity contribution in [3.05, 3.63) is 114 Å². The number of fused-ring (bicyclic) bond motifs is 1. The molecular weight excluding hydrogens is 402 g/mol. The second-order valence-corrected chi connectivity index (χ2v) is 10.4. The van der Waals surface area contributed by atoms with Crippen LogP contribution in [0.5, 0.6) is 0 Å². The van der Waals surface area contributed by atoms with Crippen molar-refractivity contribution in [3.63, 3.8) is 0 Å². The van der Waals surface area contributed by atoms with Gasteiger partial charge in [-0.3, -0.25) is 0 Å². The van der Waals surface area contributed by atoms with E-state index < -0.39 is 10.0 Å². The standard InChI is InChI=1S/C27H27NO2S/c29-31(30,24-17-9-3-10-18-24)28-21-27(22-13-5-1-6-14-22,23-15-7-2-8-16-23)25-19-11-4-12-20-26(25)28/h1-3,5-10,12-18,20,25-26H,4,11,19,21H2/t25-,26+/m1/s1. The minimum Gasteiger partial charge on any atom is -0.207 e. The monoisotopic (exact) mass is 429 g/mol. The Bertz CT molecular complexity index is 1120. The van der Waals surface area contributed by atoms with Gasteiger partial charge in [0.15, 0.2) is 0 Å². The molecule has 0 radical (unpaired) electrons. The molecule has 2 aliphatic rings. The summed E-state index contributed by atoms with van der Waals surface area (Å²) in [6.07, 6.45) is 7.36. The molecule has 0 N–H and O–H groups in total. The third kappa shape index (κ3) is 3.35. The van der Waals surface area contributed by atoms with Crippen molar-refractivity contribution < 1.29 is 8.42 Å². The van der Waals surface area contributed by atoms with E-state index in [1.54, 1.807) is 28.6 Å². The van der Waals surface area contributed by atoms with Crippen LogP contribution in [0.3, 0.4) is 0 Å². The molecule has 31 heavy (non-hydrogen) atoms. The van der Waals surface area contributed by atoms with Gasteiger partial charge in [0.2, 0.25) is 10.0 Å². The SMILES string of the molecule is O=S(=O)(c1ccccc1)N1CC(c2ccccc2)(c2ccccc2)[C@@H]2CCCC=C[C@@H]21. The van der Waals surface area contributed by atoms with Crippen molar-refractivity contribution >= 4 is 10.0 Å². The topological polar surface area (TPSA) is 37.4 Å². The van der Waals surface area contributed by atoms with E-state index in [-0.39, 0.29) is 17.4 Å². The van der Waals surface area contributed by atoms with Gasteiger partial charge >= 0.3 is 0 Å². The van der Waals surface area contributed by atoms with E-state index in [9.17, 15) is 8.42 Å². The first-order valence-corrected chi connectivity index (χ1v) is 12.4. The lowest BCUT2D eigenvalue weighted by molar-refractivity contribution is 0.342. The number of hydrogen-bond acceptors (Lipinski definition) is 2. The molecule has 0 unspecified atom stereocenters. The first kappa shape index (κ1) is 20.2. The van der Waals surface area contributed by atoms with E-state index in [4.69, 9.17) is 0 Å². The zero-order chi connectivity index (χ0) is 21.3. The Balaban J connectivity index is 1.73. The van der Waals surface area contributed by atoms with Gasteiger partial charge in [0.1, 0.15) is 0 Å². The second-order valence-electron chi connectivity index (χ2n) is 8.52. The zero-order valence-corrected chi connectivity index (χ0v) is 18.3. The molecule has 5 rings (SSSR count). The maximum atomic E-state index is 13.8. The Morgan fingerprint density at radius 3 is 1.90 bits per heavy atom. The molecule has 0 amide bonds. The summed E-state index contributed by atoms with van der Waals surface area (Å²) < 4.78 is 29.4. The van der Waals surface area contributed by atoms with Crippen LogP contribution < -0.4 is 0 Å². The van der Waals surface area contributed by atoms with Crippen LogP contribution in [0.25, 0.3) is 0 Å². The normalized spacial score (nSPS) is 23.2. The Morgan fingerprint density at radius 1 is 0.774 bits per heavy atom. The summed E-state index contributed by atoms with van der Waals surface area (Å²) in [5.74, 6) is 0.175. The van der Waals surface area contributed by atoms with Crippen LogP contribution in [0.1, 0.15) is 30.4 Å². The van der Waals surface area contributed by atoms with Crippen LogP contribution >= 0.6 is 0 Å². The summed E-state index contributed by atoms with van der Waals surface area (Å²) in [7, 11) is -3.63. The number of rotatable bonds is 4. The van der Waals surface area contributed by atoms with Gasteiger partial charge in [-0.2, -0.15) is 4.31 Å². The minimum atomic E-state index is -3.63. The molecule has 1 heterocycles. The van der Waals surface area contributed by atoms with Crippen LogP contribution in [-0.4, -0.2) is 25.3 Å². The van der Waals surface area contributed by atoms with Gasteiger partial charge in [0.05, 0.1) is 4.90 Å². The average molecular weight is 430 g/mol. The first-order valence-electron chi connectivity index (χ1n) is 11.0. The lowest BCUT2D eigenvalue weighted by atomic mass is 9.65. The predicted molar refractivity (Wildman–Crippen MR) is 124 cm³/mol.